The highest BCUT2D eigenvalue weighted by Gasteiger charge is 2.34. The van der Waals surface area contributed by atoms with E-state index in [1.807, 2.05) is 0 Å². The maximum absolute atomic E-state index is 9.90. The molecule has 0 heterocycles. The molecule has 0 spiro atoms. The molecule has 22 heavy (non-hydrogen) atoms. The highest BCUT2D eigenvalue weighted by Crippen LogP contribution is 2.32. The van der Waals surface area contributed by atoms with Crippen LogP contribution in [0.25, 0.3) is 0 Å². The number of hydrogen-bond donors (Lipinski definition) is 2. The van der Waals surface area contributed by atoms with Crippen molar-refractivity contribution < 1.29 is 5.11 Å². The molecule has 0 aromatic rings. The molecule has 0 rings (SSSR count). The molecule has 0 aromatic heterocycles. The number of nitrogens with two attached hydrogens (primary N) is 1. The predicted octanol–water partition coefficient (Wildman–Crippen LogP) is 6.35. The fourth-order valence-corrected chi connectivity index (χ4v) is 2.66. The average Bonchev–Trinajstić information content (AvgIpc) is 2.38. The third-order valence-electron chi connectivity index (χ3n) is 5.03. The number of hydrogen-bond acceptors (Lipinski definition) is 2. The second kappa shape index (κ2) is 13.8. The van der Waals surface area contributed by atoms with E-state index in [4.69, 9.17) is 5.73 Å². The largest absolute Gasteiger partial charge is 0.376 e. The second-order valence-electron chi connectivity index (χ2n) is 7.67. The van der Waals surface area contributed by atoms with Crippen LogP contribution >= 0.6 is 17.0 Å². The van der Waals surface area contributed by atoms with E-state index >= 15 is 0 Å². The van der Waals surface area contributed by atoms with Gasteiger partial charge in [-0.05, 0) is 13.3 Å². The van der Waals surface area contributed by atoms with Gasteiger partial charge in [-0.2, -0.15) is 0 Å². The molecule has 0 radical (unpaired) electrons. The van der Waals surface area contributed by atoms with Crippen LogP contribution in [0.4, 0.5) is 0 Å². The average molecular weight is 380 g/mol. The molecule has 0 fully saturated rings. The first kappa shape index (κ1) is 24.6. The van der Waals surface area contributed by atoms with Crippen LogP contribution in [0.3, 0.4) is 0 Å². The number of aliphatic hydroxyl groups is 1. The smallest absolute Gasteiger partial charge is 0.115 e. The molecule has 136 valence electrons. The number of unbranched alkanes of at least 4 members (excludes halogenated alkanes) is 11. The summed E-state index contributed by atoms with van der Waals surface area (Å²) in [7, 11) is 0. The Morgan fingerprint density at radius 1 is 0.682 bits per heavy atom. The molecule has 0 saturated carbocycles. The van der Waals surface area contributed by atoms with Crippen molar-refractivity contribution in [3.63, 3.8) is 0 Å². The van der Waals surface area contributed by atoms with Crippen molar-refractivity contribution in [3.05, 3.63) is 0 Å². The van der Waals surface area contributed by atoms with Crippen molar-refractivity contribution in [2.24, 2.45) is 11.1 Å². The zero-order valence-electron chi connectivity index (χ0n) is 15.6. The zero-order valence-corrected chi connectivity index (χ0v) is 17.3. The fourth-order valence-electron chi connectivity index (χ4n) is 2.66. The van der Waals surface area contributed by atoms with Gasteiger partial charge >= 0.3 is 0 Å². The van der Waals surface area contributed by atoms with E-state index in [-0.39, 0.29) is 22.4 Å². The van der Waals surface area contributed by atoms with Gasteiger partial charge in [0, 0.05) is 5.41 Å². The third-order valence-corrected chi connectivity index (χ3v) is 5.03. The molecule has 0 aliphatic rings. The summed E-state index contributed by atoms with van der Waals surface area (Å²) in [4.78, 5) is 0. The van der Waals surface area contributed by atoms with Crippen LogP contribution in [0, 0.1) is 5.41 Å². The summed E-state index contributed by atoms with van der Waals surface area (Å²) in [5.74, 6) is 0. The molecule has 2 nitrogen and oxygen atoms in total. The quantitative estimate of drug-likeness (QED) is 0.272. The summed E-state index contributed by atoms with van der Waals surface area (Å²) < 4.78 is 0. The van der Waals surface area contributed by atoms with E-state index in [9.17, 15) is 5.11 Å². The summed E-state index contributed by atoms with van der Waals surface area (Å²) in [5.41, 5.74) is 4.55. The first-order chi connectivity index (χ1) is 9.81. The van der Waals surface area contributed by atoms with Crippen molar-refractivity contribution in [2.45, 2.75) is 117 Å². The highest BCUT2D eigenvalue weighted by atomic mass is 79.9. The summed E-state index contributed by atoms with van der Waals surface area (Å²) in [5, 5.41) is 9.90. The molecular weight excluding hydrogens is 338 g/mol. The molecule has 0 bridgehead atoms. The molecule has 0 aliphatic heterocycles. The van der Waals surface area contributed by atoms with Gasteiger partial charge in [0.15, 0.2) is 0 Å². The zero-order chi connectivity index (χ0) is 16.2. The lowest BCUT2D eigenvalue weighted by Gasteiger charge is -2.37. The molecule has 3 heteroatoms. The van der Waals surface area contributed by atoms with Gasteiger partial charge in [-0.25, -0.2) is 0 Å². The van der Waals surface area contributed by atoms with Crippen molar-refractivity contribution in [2.75, 3.05) is 0 Å². The summed E-state index contributed by atoms with van der Waals surface area (Å²) in [6.45, 7) is 8.11. The predicted molar refractivity (Wildman–Crippen MR) is 105 cm³/mol. The first-order valence-electron chi connectivity index (χ1n) is 9.32. The van der Waals surface area contributed by atoms with E-state index in [1.165, 1.54) is 77.0 Å². The summed E-state index contributed by atoms with van der Waals surface area (Å²) in [6.07, 6.45) is 17.4. The van der Waals surface area contributed by atoms with Gasteiger partial charge in [-0.1, -0.05) is 97.8 Å². The Morgan fingerprint density at radius 3 is 1.32 bits per heavy atom. The molecule has 0 saturated heterocycles. The Balaban J connectivity index is 0. The molecule has 1 unspecified atom stereocenters. The number of halogens is 1. The summed E-state index contributed by atoms with van der Waals surface area (Å²) >= 11 is 0. The normalized spacial score (nSPS) is 14.5. The van der Waals surface area contributed by atoms with Gasteiger partial charge in [0.25, 0.3) is 0 Å². The van der Waals surface area contributed by atoms with Gasteiger partial charge in [0.2, 0.25) is 0 Å². The Hall–Kier alpha value is 0.400. The Bertz CT molecular complexity index is 236. The highest BCUT2D eigenvalue weighted by molar-refractivity contribution is 8.93. The molecule has 3 N–H and O–H groups in total. The Labute approximate surface area is 150 Å². The molecule has 0 aromatic carbocycles. The van der Waals surface area contributed by atoms with Crippen LogP contribution in [-0.4, -0.2) is 10.8 Å². The van der Waals surface area contributed by atoms with Crippen molar-refractivity contribution >= 4 is 17.0 Å². The van der Waals surface area contributed by atoms with Crippen LogP contribution in [0.1, 0.15) is 111 Å². The lowest BCUT2D eigenvalue weighted by Crippen LogP contribution is -2.49. The van der Waals surface area contributed by atoms with Crippen LogP contribution < -0.4 is 5.73 Å². The van der Waals surface area contributed by atoms with Crippen molar-refractivity contribution in [1.29, 1.82) is 0 Å². The third kappa shape index (κ3) is 12.9. The maximum Gasteiger partial charge on any atom is 0.115 e. The SMILES string of the molecule is Br.CCCCCCCCCCCCCCC(C)(C)C(C)(N)O. The Kier molecular flexibility index (Phi) is 15.5. The lowest BCUT2D eigenvalue weighted by atomic mass is 9.78. The Morgan fingerprint density at radius 2 is 1.00 bits per heavy atom. The monoisotopic (exact) mass is 379 g/mol. The second-order valence-corrected chi connectivity index (χ2v) is 7.67. The van der Waals surface area contributed by atoms with Gasteiger partial charge in [0.05, 0.1) is 0 Å². The van der Waals surface area contributed by atoms with E-state index in [0.29, 0.717) is 0 Å². The van der Waals surface area contributed by atoms with E-state index in [1.54, 1.807) is 6.92 Å². The standard InChI is InChI=1S/C19H41NO.BrH/c1-5-6-7-8-9-10-11-12-13-14-15-16-17-18(2,3)19(4,20)21;/h21H,5-17,20H2,1-4H3;1H. The van der Waals surface area contributed by atoms with E-state index in [2.05, 4.69) is 20.8 Å². The first-order valence-corrected chi connectivity index (χ1v) is 9.32. The van der Waals surface area contributed by atoms with Crippen molar-refractivity contribution in [1.82, 2.24) is 0 Å². The topological polar surface area (TPSA) is 46.2 Å². The molecular formula is C19H42BrNO. The van der Waals surface area contributed by atoms with Crippen LogP contribution in [0.15, 0.2) is 0 Å². The van der Waals surface area contributed by atoms with E-state index < -0.39 is 5.72 Å². The van der Waals surface area contributed by atoms with Gasteiger partial charge in [-0.15, -0.1) is 17.0 Å². The van der Waals surface area contributed by atoms with Gasteiger partial charge in [-0.3, -0.25) is 0 Å². The van der Waals surface area contributed by atoms with Crippen LogP contribution in [0.2, 0.25) is 0 Å². The maximum atomic E-state index is 9.90. The van der Waals surface area contributed by atoms with Crippen LogP contribution in [0.5, 0.6) is 0 Å². The molecule has 0 aliphatic carbocycles. The lowest BCUT2D eigenvalue weighted by molar-refractivity contribution is -0.0514. The van der Waals surface area contributed by atoms with Gasteiger partial charge < -0.3 is 10.8 Å². The summed E-state index contributed by atoms with van der Waals surface area (Å²) in [6, 6.07) is 0. The van der Waals surface area contributed by atoms with Crippen molar-refractivity contribution in [3.8, 4) is 0 Å². The van der Waals surface area contributed by atoms with E-state index in [0.717, 1.165) is 6.42 Å². The van der Waals surface area contributed by atoms with Crippen LogP contribution in [-0.2, 0) is 0 Å². The number of rotatable bonds is 14. The molecule has 1 atom stereocenters. The fraction of sp³-hybridized carbons (Fsp3) is 1.00. The molecule has 0 amide bonds. The minimum absolute atomic E-state index is 0. The van der Waals surface area contributed by atoms with Gasteiger partial charge in [0.1, 0.15) is 5.72 Å². The minimum Gasteiger partial charge on any atom is -0.376 e. The minimum atomic E-state index is -1.06.